The van der Waals surface area contributed by atoms with Crippen LogP contribution in [0, 0.1) is 12.7 Å². The number of aromatic nitrogens is 5. The summed E-state index contributed by atoms with van der Waals surface area (Å²) in [5.74, 6) is -0.577. The predicted molar refractivity (Wildman–Crippen MR) is 149 cm³/mol. The van der Waals surface area contributed by atoms with Crippen molar-refractivity contribution in [3.8, 4) is 34.1 Å². The van der Waals surface area contributed by atoms with E-state index in [0.717, 1.165) is 11.3 Å². The van der Waals surface area contributed by atoms with Gasteiger partial charge in [-0.1, -0.05) is 24.8 Å². The highest BCUT2D eigenvalue weighted by Crippen LogP contribution is 2.43. The van der Waals surface area contributed by atoms with Crippen LogP contribution in [0.2, 0.25) is 0 Å². The number of aryl methyl sites for hydroxylation is 2. The third kappa shape index (κ3) is 4.91. The predicted octanol–water partition coefficient (Wildman–Crippen LogP) is 5.91. The van der Waals surface area contributed by atoms with Crippen molar-refractivity contribution in [3.05, 3.63) is 84.7 Å². The zero-order valence-electron chi connectivity index (χ0n) is 21.7. The summed E-state index contributed by atoms with van der Waals surface area (Å²) in [6.45, 7) is 9.68. The van der Waals surface area contributed by atoms with Crippen molar-refractivity contribution in [3.63, 3.8) is 0 Å². The van der Waals surface area contributed by atoms with Crippen molar-refractivity contribution in [2.24, 2.45) is 0 Å². The number of nitrogen functional groups attached to an aromatic ring is 1. The average Bonchev–Trinajstić information content (AvgIpc) is 3.26. The van der Waals surface area contributed by atoms with Crippen LogP contribution in [0.3, 0.4) is 0 Å². The Balaban J connectivity index is 1.64. The van der Waals surface area contributed by atoms with Crippen molar-refractivity contribution >= 4 is 28.4 Å². The Labute approximate surface area is 224 Å². The normalized spacial score (nSPS) is 11.0. The average molecular weight is 524 g/mol. The van der Waals surface area contributed by atoms with Crippen molar-refractivity contribution in [2.75, 3.05) is 11.1 Å². The van der Waals surface area contributed by atoms with Crippen molar-refractivity contribution in [1.82, 2.24) is 24.5 Å². The Hall–Kier alpha value is -5.12. The molecule has 0 radical (unpaired) electrons. The first-order valence-electron chi connectivity index (χ1n) is 12.2. The quantitative estimate of drug-likeness (QED) is 0.254. The summed E-state index contributed by atoms with van der Waals surface area (Å²) in [6.07, 6.45) is 2.96. The van der Waals surface area contributed by atoms with Crippen LogP contribution in [0.15, 0.2) is 73.2 Å². The number of carbonyl (C=O) groups excluding carboxylic acids is 1. The number of carbonyl (C=O) groups is 1. The minimum atomic E-state index is -0.589. The second kappa shape index (κ2) is 10.3. The molecule has 0 bridgehead atoms. The number of nitrogens with one attached hydrogen (secondary N) is 1. The van der Waals surface area contributed by atoms with Gasteiger partial charge in [0.15, 0.2) is 11.6 Å². The van der Waals surface area contributed by atoms with Gasteiger partial charge in [0, 0.05) is 35.3 Å². The fraction of sp³-hybridized carbons (Fsp3) is 0.138. The number of nitrogens with zero attached hydrogens (tertiary/aromatic N) is 5. The molecule has 0 unspecified atom stereocenters. The van der Waals surface area contributed by atoms with Gasteiger partial charge in [-0.2, -0.15) is 0 Å². The smallest absolute Gasteiger partial charge is 0.322 e. The van der Waals surface area contributed by atoms with Gasteiger partial charge >= 0.3 is 6.01 Å². The molecule has 3 aromatic heterocycles. The second-order valence-electron chi connectivity index (χ2n) is 8.97. The monoisotopic (exact) mass is 523 g/mol. The van der Waals surface area contributed by atoms with Crippen LogP contribution in [0.5, 0.6) is 11.8 Å². The van der Waals surface area contributed by atoms with E-state index in [2.05, 4.69) is 31.8 Å². The van der Waals surface area contributed by atoms with Gasteiger partial charge in [-0.3, -0.25) is 4.79 Å². The van der Waals surface area contributed by atoms with E-state index in [1.54, 1.807) is 44.3 Å². The van der Waals surface area contributed by atoms with Crippen LogP contribution in [-0.2, 0) is 11.3 Å². The molecule has 3 N–H and O–H groups in total. The molecule has 0 spiro atoms. The van der Waals surface area contributed by atoms with Crippen LogP contribution < -0.4 is 15.8 Å². The highest BCUT2D eigenvalue weighted by molar-refractivity contribution is 6.08. The largest absolute Gasteiger partial charge is 0.421 e. The van der Waals surface area contributed by atoms with Crippen LogP contribution >= 0.6 is 0 Å². The maximum atomic E-state index is 15.4. The summed E-state index contributed by atoms with van der Waals surface area (Å²) in [5.41, 5.74) is 11.6. The molecule has 0 aliphatic heterocycles. The number of hydrogen-bond acceptors (Lipinski definition) is 7. The van der Waals surface area contributed by atoms with Crippen LogP contribution in [-0.4, -0.2) is 30.4 Å². The molecule has 3 heterocycles. The number of anilines is 2. The lowest BCUT2D eigenvalue weighted by atomic mass is 9.98. The van der Waals surface area contributed by atoms with Crippen LogP contribution in [0.1, 0.15) is 19.5 Å². The Morgan fingerprint density at radius 3 is 2.51 bits per heavy atom. The maximum Gasteiger partial charge on any atom is 0.322 e. The van der Waals surface area contributed by atoms with E-state index in [4.69, 9.17) is 10.5 Å². The number of hydrogen-bond donors (Lipinski definition) is 2. The first-order chi connectivity index (χ1) is 18.8. The molecule has 5 aromatic rings. The molecule has 2 aromatic carbocycles. The Morgan fingerprint density at radius 2 is 1.85 bits per heavy atom. The lowest BCUT2D eigenvalue weighted by molar-refractivity contribution is -0.112. The molecule has 0 aliphatic carbocycles. The summed E-state index contributed by atoms with van der Waals surface area (Å²) < 4.78 is 23.0. The standard InChI is InChI=1S/C29H26FN7O2/c1-5-37-25(18-6-9-20(10-7-18)36-28(38)16(2)3)23(24-26(31)33-15-34-27(24)37)19-8-11-22(21(30)14-19)39-29-32-13-12-17(4)35-29/h6-15H,2,5H2,1,3-4H3,(H,36,38)(H2,31,33,34). The van der Waals surface area contributed by atoms with E-state index < -0.39 is 5.82 Å². The molecule has 196 valence electrons. The third-order valence-corrected chi connectivity index (χ3v) is 6.18. The summed E-state index contributed by atoms with van der Waals surface area (Å²) in [6, 6.07) is 13.8. The van der Waals surface area contributed by atoms with Gasteiger partial charge in [-0.15, -0.1) is 0 Å². The molecule has 1 amide bonds. The van der Waals surface area contributed by atoms with Gasteiger partial charge in [0.05, 0.1) is 11.1 Å². The Kier molecular flexibility index (Phi) is 6.76. The lowest BCUT2D eigenvalue weighted by Gasteiger charge is -2.13. The van der Waals surface area contributed by atoms with E-state index in [9.17, 15) is 4.79 Å². The van der Waals surface area contributed by atoms with E-state index in [-0.39, 0.29) is 23.5 Å². The van der Waals surface area contributed by atoms with E-state index in [0.29, 0.717) is 45.7 Å². The summed E-state index contributed by atoms with van der Waals surface area (Å²) >= 11 is 0. The molecule has 9 nitrogen and oxygen atoms in total. The van der Waals surface area contributed by atoms with Gasteiger partial charge in [0.1, 0.15) is 17.8 Å². The Morgan fingerprint density at radius 1 is 1.10 bits per heavy atom. The second-order valence-corrected chi connectivity index (χ2v) is 8.97. The molecule has 10 heteroatoms. The highest BCUT2D eigenvalue weighted by atomic mass is 19.1. The molecule has 5 rings (SSSR count). The number of benzene rings is 2. The molecule has 0 saturated heterocycles. The summed E-state index contributed by atoms with van der Waals surface area (Å²) in [4.78, 5) is 29.0. The minimum Gasteiger partial charge on any atom is -0.421 e. The van der Waals surface area contributed by atoms with Crippen LogP contribution in [0.4, 0.5) is 15.9 Å². The fourth-order valence-corrected chi connectivity index (χ4v) is 4.34. The first kappa shape index (κ1) is 25.5. The lowest BCUT2D eigenvalue weighted by Crippen LogP contribution is -2.11. The number of rotatable bonds is 7. The van der Waals surface area contributed by atoms with Gasteiger partial charge in [0.2, 0.25) is 0 Å². The maximum absolute atomic E-state index is 15.4. The molecular weight excluding hydrogens is 497 g/mol. The van der Waals surface area contributed by atoms with Gasteiger partial charge < -0.3 is 20.4 Å². The highest BCUT2D eigenvalue weighted by Gasteiger charge is 2.24. The topological polar surface area (TPSA) is 121 Å². The number of amides is 1. The molecule has 39 heavy (non-hydrogen) atoms. The molecular formula is C29H26FN7O2. The van der Waals surface area contributed by atoms with E-state index >= 15 is 4.39 Å². The number of halogens is 1. The third-order valence-electron chi connectivity index (χ3n) is 6.18. The van der Waals surface area contributed by atoms with Gasteiger partial charge in [-0.05, 0) is 62.2 Å². The Bertz CT molecular complexity index is 1730. The molecule has 0 atom stereocenters. The molecule has 0 fully saturated rings. The van der Waals surface area contributed by atoms with Crippen LogP contribution in [0.25, 0.3) is 33.4 Å². The molecule has 0 aliphatic rings. The van der Waals surface area contributed by atoms with E-state index in [1.165, 1.54) is 18.5 Å². The number of fused-ring (bicyclic) bond motifs is 1. The zero-order valence-corrected chi connectivity index (χ0v) is 21.7. The minimum absolute atomic E-state index is 0.00745. The SMILES string of the molecule is C=C(C)C(=O)Nc1ccc(-c2c(-c3ccc(Oc4nccc(C)n4)c(F)c3)c3c(N)ncnc3n2CC)cc1. The van der Waals surface area contributed by atoms with Crippen molar-refractivity contribution in [1.29, 1.82) is 0 Å². The summed E-state index contributed by atoms with van der Waals surface area (Å²) in [5, 5.41) is 3.42. The first-order valence-corrected chi connectivity index (χ1v) is 12.2. The van der Waals surface area contributed by atoms with Gasteiger partial charge in [-0.25, -0.2) is 24.3 Å². The van der Waals surface area contributed by atoms with Gasteiger partial charge in [0.25, 0.3) is 5.91 Å². The van der Waals surface area contributed by atoms with E-state index in [1.807, 2.05) is 23.6 Å². The molecule has 0 saturated carbocycles. The fourth-order valence-electron chi connectivity index (χ4n) is 4.34. The zero-order chi connectivity index (χ0) is 27.7. The number of ether oxygens (including phenoxy) is 1. The van der Waals surface area contributed by atoms with Crippen molar-refractivity contribution in [2.45, 2.75) is 27.3 Å². The number of nitrogens with two attached hydrogens (primary N) is 1. The van der Waals surface area contributed by atoms with Crippen molar-refractivity contribution < 1.29 is 13.9 Å². The summed E-state index contributed by atoms with van der Waals surface area (Å²) in [7, 11) is 0.